The molecule has 0 heterocycles. The summed E-state index contributed by atoms with van der Waals surface area (Å²) in [5.41, 5.74) is 5.27. The van der Waals surface area contributed by atoms with Crippen molar-refractivity contribution in [1.29, 1.82) is 0 Å². The van der Waals surface area contributed by atoms with E-state index in [9.17, 15) is 29.8 Å². The third-order valence-electron chi connectivity index (χ3n) is 2.83. The van der Waals surface area contributed by atoms with Crippen molar-refractivity contribution in [3.63, 3.8) is 0 Å². The minimum atomic E-state index is -5.13. The molecule has 0 saturated heterocycles. The zero-order valence-corrected chi connectivity index (χ0v) is 13.4. The summed E-state index contributed by atoms with van der Waals surface area (Å²) in [6.07, 6.45) is 0. The Morgan fingerprint density at radius 2 is 1.09 bits per heavy atom. The second-order valence-electron chi connectivity index (χ2n) is 4.46. The first kappa shape index (κ1) is 17.6. The second kappa shape index (κ2) is 5.12. The lowest BCUT2D eigenvalue weighted by molar-refractivity contribution is 0.467. The van der Waals surface area contributed by atoms with Gasteiger partial charge in [0.2, 0.25) is 0 Å². The van der Waals surface area contributed by atoms with Gasteiger partial charge in [0.1, 0.15) is 14.7 Å². The van der Waals surface area contributed by atoms with E-state index >= 15 is 0 Å². The molecule has 13 heteroatoms. The Morgan fingerprint density at radius 3 is 1.52 bits per heavy atom. The van der Waals surface area contributed by atoms with E-state index in [1.54, 1.807) is 0 Å². The van der Waals surface area contributed by atoms with Crippen molar-refractivity contribution < 1.29 is 38.9 Å². The molecule has 0 aliphatic carbocycles. The van der Waals surface area contributed by atoms with Crippen LogP contribution in [0.1, 0.15) is 0 Å². The summed E-state index contributed by atoms with van der Waals surface area (Å²) in [5, 5.41) is -0.612. The number of rotatable bonds is 3. The van der Waals surface area contributed by atoms with E-state index in [-0.39, 0.29) is 11.1 Å². The van der Waals surface area contributed by atoms with Crippen LogP contribution in [0.2, 0.25) is 0 Å². The predicted molar refractivity (Wildman–Crippen MR) is 77.8 cm³/mol. The van der Waals surface area contributed by atoms with E-state index in [1.807, 2.05) is 0 Å². The van der Waals surface area contributed by atoms with Crippen molar-refractivity contribution >= 4 is 46.8 Å². The normalized spacial score (nSPS) is 13.3. The molecular formula is C10H9NO9S3. The van der Waals surface area contributed by atoms with Crippen LogP contribution in [0, 0.1) is 0 Å². The lowest BCUT2D eigenvalue weighted by atomic mass is 10.1. The molecule has 2 aromatic carbocycles. The highest BCUT2D eigenvalue weighted by Gasteiger charge is 2.27. The first-order valence-electron chi connectivity index (χ1n) is 5.51. The van der Waals surface area contributed by atoms with E-state index < -0.39 is 50.4 Å². The summed E-state index contributed by atoms with van der Waals surface area (Å²) < 4.78 is 95.3. The fourth-order valence-corrected chi connectivity index (χ4v) is 4.52. The average molecular weight is 383 g/mol. The van der Waals surface area contributed by atoms with Crippen molar-refractivity contribution in [3.05, 3.63) is 24.3 Å². The van der Waals surface area contributed by atoms with Crippen LogP contribution < -0.4 is 5.73 Å². The van der Waals surface area contributed by atoms with E-state index in [4.69, 9.17) is 14.8 Å². The van der Waals surface area contributed by atoms with Crippen LogP contribution >= 0.6 is 0 Å². The molecule has 0 aromatic heterocycles. The van der Waals surface area contributed by atoms with E-state index in [0.717, 1.165) is 12.1 Å². The standard InChI is InChI=1S/C10H9NO9S3/c11-6-1-5-2-9(22(15,16)17)10(23(18,19)20)4-7(5)8(3-6)21(12,13)14/h1-4H,11H2,(H,12,13,14)(H,15,16,17)(H,18,19,20). The fourth-order valence-electron chi connectivity index (χ4n) is 1.98. The molecular weight excluding hydrogens is 374 g/mol. The van der Waals surface area contributed by atoms with Gasteiger partial charge < -0.3 is 5.73 Å². The number of anilines is 1. The number of benzene rings is 2. The van der Waals surface area contributed by atoms with Crippen molar-refractivity contribution in [2.45, 2.75) is 14.7 Å². The Balaban J connectivity index is 3.16. The smallest absolute Gasteiger partial charge is 0.295 e. The first-order valence-corrected chi connectivity index (χ1v) is 9.83. The van der Waals surface area contributed by atoms with Gasteiger partial charge >= 0.3 is 0 Å². The highest BCUT2D eigenvalue weighted by atomic mass is 32.2. The number of nitrogen functional groups attached to an aromatic ring is 1. The van der Waals surface area contributed by atoms with Gasteiger partial charge in [-0.25, -0.2) is 0 Å². The number of hydrogen-bond donors (Lipinski definition) is 4. The molecule has 0 saturated carbocycles. The Kier molecular flexibility index (Phi) is 3.91. The lowest BCUT2D eigenvalue weighted by Crippen LogP contribution is -2.09. The van der Waals surface area contributed by atoms with Crippen molar-refractivity contribution in [3.8, 4) is 0 Å². The molecule has 5 N–H and O–H groups in total. The van der Waals surface area contributed by atoms with Gasteiger partial charge in [-0.05, 0) is 29.7 Å². The van der Waals surface area contributed by atoms with Crippen LogP contribution in [0.3, 0.4) is 0 Å². The maximum Gasteiger partial charge on any atom is 0.295 e. The molecule has 0 fully saturated rings. The molecule has 2 rings (SSSR count). The maximum atomic E-state index is 11.4. The molecule has 0 spiro atoms. The fraction of sp³-hybridized carbons (Fsp3) is 0. The topological polar surface area (TPSA) is 189 Å². The number of hydrogen-bond acceptors (Lipinski definition) is 7. The van der Waals surface area contributed by atoms with E-state index in [2.05, 4.69) is 0 Å². The van der Waals surface area contributed by atoms with Crippen LogP contribution in [0.5, 0.6) is 0 Å². The minimum absolute atomic E-state index is 0.175. The summed E-state index contributed by atoms with van der Waals surface area (Å²) in [5.74, 6) is 0. The molecule has 10 nitrogen and oxygen atoms in total. The Labute approximate surface area is 130 Å². The summed E-state index contributed by atoms with van der Waals surface area (Å²) in [6.45, 7) is 0. The van der Waals surface area contributed by atoms with Crippen LogP contribution in [0.4, 0.5) is 5.69 Å². The zero-order chi connectivity index (χ0) is 17.8. The molecule has 0 bridgehead atoms. The first-order chi connectivity index (χ1) is 10.2. The average Bonchev–Trinajstić information content (AvgIpc) is 2.32. The van der Waals surface area contributed by atoms with Crippen LogP contribution in [-0.2, 0) is 30.4 Å². The third kappa shape index (κ3) is 3.44. The lowest BCUT2D eigenvalue weighted by Gasteiger charge is -2.10. The van der Waals surface area contributed by atoms with E-state index in [1.165, 1.54) is 0 Å². The third-order valence-corrected chi connectivity index (χ3v) is 5.64. The molecule has 126 valence electrons. The quantitative estimate of drug-likeness (QED) is 0.419. The summed E-state index contributed by atoms with van der Waals surface area (Å²) in [7, 11) is -15.0. The zero-order valence-electron chi connectivity index (χ0n) is 10.9. The van der Waals surface area contributed by atoms with Crippen LogP contribution in [0.25, 0.3) is 10.8 Å². The van der Waals surface area contributed by atoms with Gasteiger partial charge in [-0.15, -0.1) is 0 Å². The molecule has 0 amide bonds. The van der Waals surface area contributed by atoms with Gasteiger partial charge in [0.05, 0.1) is 0 Å². The van der Waals surface area contributed by atoms with Crippen molar-refractivity contribution in [2.75, 3.05) is 5.73 Å². The van der Waals surface area contributed by atoms with Crippen LogP contribution in [-0.4, -0.2) is 38.9 Å². The molecule has 0 aliphatic heterocycles. The molecule has 2 aromatic rings. The molecule has 0 atom stereocenters. The summed E-state index contributed by atoms with van der Waals surface area (Å²) in [4.78, 5) is -3.21. The van der Waals surface area contributed by atoms with Gasteiger partial charge in [0, 0.05) is 11.1 Å². The highest BCUT2D eigenvalue weighted by Crippen LogP contribution is 2.32. The van der Waals surface area contributed by atoms with Gasteiger partial charge in [-0.3, -0.25) is 13.7 Å². The Hall–Kier alpha value is -1.77. The Bertz CT molecular complexity index is 1130. The molecule has 0 unspecified atom stereocenters. The van der Waals surface area contributed by atoms with Crippen molar-refractivity contribution in [2.24, 2.45) is 0 Å². The van der Waals surface area contributed by atoms with E-state index in [0.29, 0.717) is 12.1 Å². The number of nitrogens with two attached hydrogens (primary N) is 1. The summed E-state index contributed by atoms with van der Waals surface area (Å²) >= 11 is 0. The number of fused-ring (bicyclic) bond motifs is 1. The van der Waals surface area contributed by atoms with Gasteiger partial charge in [-0.2, -0.15) is 25.3 Å². The van der Waals surface area contributed by atoms with Gasteiger partial charge in [0.15, 0.2) is 0 Å². The summed E-state index contributed by atoms with van der Waals surface area (Å²) in [6, 6.07) is 3.01. The van der Waals surface area contributed by atoms with Gasteiger partial charge in [0.25, 0.3) is 30.4 Å². The monoisotopic (exact) mass is 383 g/mol. The SMILES string of the molecule is Nc1cc(S(=O)(=O)O)c2cc(S(=O)(=O)O)c(S(=O)(=O)O)cc2c1. The second-order valence-corrected chi connectivity index (χ2v) is 8.63. The maximum absolute atomic E-state index is 11.4. The largest absolute Gasteiger partial charge is 0.399 e. The highest BCUT2D eigenvalue weighted by molar-refractivity contribution is 7.89. The predicted octanol–water partition coefficient (Wildman–Crippen LogP) is 0.162. The molecule has 0 radical (unpaired) electrons. The Morgan fingerprint density at radius 1 is 0.652 bits per heavy atom. The molecule has 23 heavy (non-hydrogen) atoms. The van der Waals surface area contributed by atoms with Crippen LogP contribution in [0.15, 0.2) is 39.0 Å². The van der Waals surface area contributed by atoms with Gasteiger partial charge in [-0.1, -0.05) is 0 Å². The van der Waals surface area contributed by atoms with Crippen molar-refractivity contribution in [1.82, 2.24) is 0 Å². The molecule has 0 aliphatic rings. The minimum Gasteiger partial charge on any atom is -0.399 e.